The second-order valence-electron chi connectivity index (χ2n) is 7.82. The molecule has 3 rings (SSSR count). The molecule has 0 radical (unpaired) electrons. The number of halogens is 1. The van der Waals surface area contributed by atoms with Gasteiger partial charge in [0.25, 0.3) is 5.91 Å². The van der Waals surface area contributed by atoms with E-state index in [1.54, 1.807) is 25.3 Å². The van der Waals surface area contributed by atoms with Gasteiger partial charge in [-0.2, -0.15) is 5.26 Å². The van der Waals surface area contributed by atoms with Crippen LogP contribution in [0, 0.1) is 32.1 Å². The zero-order valence-corrected chi connectivity index (χ0v) is 19.4. The molecule has 5 heteroatoms. The fraction of sp³-hybridized carbons (Fsp3) is 0.185. The van der Waals surface area contributed by atoms with E-state index in [-0.39, 0.29) is 5.57 Å². The SMILES string of the molecule is COc1ccc(/C=C(\C#N)C(=O)Nc2cc(Cl)ccc2C)c(Cc2cc(C)cc(C)c2)c1. The number of aryl methyl sites for hydroxylation is 3. The number of anilines is 1. The summed E-state index contributed by atoms with van der Waals surface area (Å²) in [4.78, 5) is 12.8. The smallest absolute Gasteiger partial charge is 0.266 e. The van der Waals surface area contributed by atoms with Crippen LogP contribution in [0.4, 0.5) is 5.69 Å². The summed E-state index contributed by atoms with van der Waals surface area (Å²) in [6.07, 6.45) is 2.27. The molecule has 1 N–H and O–H groups in total. The van der Waals surface area contributed by atoms with Crippen molar-refractivity contribution in [1.82, 2.24) is 0 Å². The van der Waals surface area contributed by atoms with Crippen molar-refractivity contribution >= 4 is 29.3 Å². The quantitative estimate of drug-likeness (QED) is 0.353. The Morgan fingerprint density at radius 1 is 1.06 bits per heavy atom. The van der Waals surface area contributed by atoms with Gasteiger partial charge in [-0.05, 0) is 79.8 Å². The molecular weight excluding hydrogens is 420 g/mol. The fourth-order valence-corrected chi connectivity index (χ4v) is 3.79. The first kappa shape index (κ1) is 23.1. The molecule has 0 aliphatic carbocycles. The fourth-order valence-electron chi connectivity index (χ4n) is 3.62. The van der Waals surface area contributed by atoms with Gasteiger partial charge in [0, 0.05) is 10.7 Å². The normalized spacial score (nSPS) is 11.1. The van der Waals surface area contributed by atoms with Gasteiger partial charge in [-0.15, -0.1) is 0 Å². The lowest BCUT2D eigenvalue weighted by molar-refractivity contribution is -0.112. The first-order valence-corrected chi connectivity index (χ1v) is 10.6. The molecule has 162 valence electrons. The second-order valence-corrected chi connectivity index (χ2v) is 8.26. The molecule has 0 spiro atoms. The van der Waals surface area contributed by atoms with Crippen LogP contribution >= 0.6 is 11.6 Å². The van der Waals surface area contributed by atoms with Crippen molar-refractivity contribution in [2.24, 2.45) is 0 Å². The van der Waals surface area contributed by atoms with Crippen LogP contribution in [0.5, 0.6) is 5.75 Å². The molecule has 0 saturated heterocycles. The monoisotopic (exact) mass is 444 g/mol. The molecule has 0 bridgehead atoms. The van der Waals surface area contributed by atoms with E-state index < -0.39 is 5.91 Å². The summed E-state index contributed by atoms with van der Waals surface area (Å²) in [7, 11) is 1.62. The number of nitriles is 1. The number of methoxy groups -OCH3 is 1. The average molecular weight is 445 g/mol. The molecule has 4 nitrogen and oxygen atoms in total. The number of hydrogen-bond donors (Lipinski definition) is 1. The standard InChI is InChI=1S/C27H25ClN2O2/c1-17-9-18(2)11-20(10-17)12-22-14-25(32-4)8-6-21(22)13-23(16-29)27(31)30-26-15-24(28)7-5-19(26)3/h5-11,13-15H,12H2,1-4H3,(H,30,31)/b23-13+. The molecule has 0 aromatic heterocycles. The second kappa shape index (κ2) is 10.2. The first-order chi connectivity index (χ1) is 15.3. The summed E-state index contributed by atoms with van der Waals surface area (Å²) in [5, 5.41) is 13.0. The molecule has 0 aliphatic heterocycles. The minimum Gasteiger partial charge on any atom is -0.497 e. The van der Waals surface area contributed by atoms with Gasteiger partial charge in [0.15, 0.2) is 0 Å². The zero-order valence-electron chi connectivity index (χ0n) is 18.6. The Bertz CT molecular complexity index is 1220. The number of amides is 1. The molecule has 3 aromatic carbocycles. The van der Waals surface area contributed by atoms with E-state index in [1.165, 1.54) is 11.1 Å². The number of rotatable bonds is 6. The Morgan fingerprint density at radius 3 is 2.44 bits per heavy atom. The topological polar surface area (TPSA) is 62.1 Å². The lowest BCUT2D eigenvalue weighted by Crippen LogP contribution is -2.14. The van der Waals surface area contributed by atoms with E-state index in [2.05, 4.69) is 37.4 Å². The highest BCUT2D eigenvalue weighted by Gasteiger charge is 2.13. The largest absolute Gasteiger partial charge is 0.497 e. The number of nitrogens with zero attached hydrogens (tertiary/aromatic N) is 1. The Labute approximate surface area is 194 Å². The average Bonchev–Trinajstić information content (AvgIpc) is 2.74. The molecule has 0 heterocycles. The molecule has 0 fully saturated rings. The predicted octanol–water partition coefficient (Wildman–Crippen LogP) is 6.41. The summed E-state index contributed by atoms with van der Waals surface area (Å²) < 4.78 is 5.40. The lowest BCUT2D eigenvalue weighted by atomic mass is 9.96. The molecule has 0 saturated carbocycles. The van der Waals surface area contributed by atoms with Gasteiger partial charge in [-0.3, -0.25) is 4.79 Å². The van der Waals surface area contributed by atoms with Crippen LogP contribution in [-0.4, -0.2) is 13.0 Å². The lowest BCUT2D eigenvalue weighted by Gasteiger charge is -2.12. The van der Waals surface area contributed by atoms with Crippen molar-refractivity contribution in [3.63, 3.8) is 0 Å². The minimum atomic E-state index is -0.481. The Kier molecular flexibility index (Phi) is 7.35. The molecule has 32 heavy (non-hydrogen) atoms. The molecule has 0 unspecified atom stereocenters. The van der Waals surface area contributed by atoms with E-state index in [9.17, 15) is 10.1 Å². The number of hydrogen-bond acceptors (Lipinski definition) is 3. The van der Waals surface area contributed by atoms with E-state index in [0.29, 0.717) is 17.1 Å². The summed E-state index contributed by atoms with van der Waals surface area (Å²) >= 11 is 6.05. The van der Waals surface area contributed by atoms with Gasteiger partial charge in [-0.1, -0.05) is 53.1 Å². The first-order valence-electron chi connectivity index (χ1n) is 10.2. The summed E-state index contributed by atoms with van der Waals surface area (Å²) in [5.41, 5.74) is 6.74. The van der Waals surface area contributed by atoms with Crippen LogP contribution in [-0.2, 0) is 11.2 Å². The van der Waals surface area contributed by atoms with Crippen molar-refractivity contribution in [3.8, 4) is 11.8 Å². The predicted molar refractivity (Wildman–Crippen MR) is 130 cm³/mol. The summed E-state index contributed by atoms with van der Waals surface area (Å²) in [5.74, 6) is 0.241. The van der Waals surface area contributed by atoms with Crippen molar-refractivity contribution in [1.29, 1.82) is 5.26 Å². The van der Waals surface area contributed by atoms with Gasteiger partial charge in [0.05, 0.1) is 7.11 Å². The maximum Gasteiger partial charge on any atom is 0.266 e. The number of ether oxygens (including phenoxy) is 1. The maximum atomic E-state index is 12.8. The van der Waals surface area contributed by atoms with Crippen LogP contribution in [0.3, 0.4) is 0 Å². The molecular formula is C27H25ClN2O2. The van der Waals surface area contributed by atoms with E-state index in [1.807, 2.05) is 37.3 Å². The van der Waals surface area contributed by atoms with Crippen LogP contribution in [0.15, 0.2) is 60.2 Å². The third-order valence-electron chi connectivity index (χ3n) is 5.14. The van der Waals surface area contributed by atoms with E-state index in [4.69, 9.17) is 16.3 Å². The van der Waals surface area contributed by atoms with Crippen molar-refractivity contribution in [3.05, 3.63) is 98.6 Å². The van der Waals surface area contributed by atoms with Gasteiger partial charge < -0.3 is 10.1 Å². The minimum absolute atomic E-state index is 0.0104. The van der Waals surface area contributed by atoms with E-state index in [0.717, 1.165) is 28.0 Å². The summed E-state index contributed by atoms with van der Waals surface area (Å²) in [6, 6.07) is 19.3. The maximum absolute atomic E-state index is 12.8. The van der Waals surface area contributed by atoms with Crippen molar-refractivity contribution in [2.75, 3.05) is 12.4 Å². The molecule has 0 atom stereocenters. The van der Waals surface area contributed by atoms with Crippen molar-refractivity contribution < 1.29 is 9.53 Å². The molecule has 1 amide bonds. The van der Waals surface area contributed by atoms with Gasteiger partial charge >= 0.3 is 0 Å². The summed E-state index contributed by atoms with van der Waals surface area (Å²) in [6.45, 7) is 6.00. The Balaban J connectivity index is 1.96. The highest BCUT2D eigenvalue weighted by atomic mass is 35.5. The highest BCUT2D eigenvalue weighted by Crippen LogP contribution is 2.25. The number of carbonyl (C=O) groups is 1. The third kappa shape index (κ3) is 5.78. The third-order valence-corrected chi connectivity index (χ3v) is 5.37. The highest BCUT2D eigenvalue weighted by molar-refractivity contribution is 6.31. The Morgan fingerprint density at radius 2 is 1.78 bits per heavy atom. The number of nitrogens with one attached hydrogen (secondary N) is 1. The van der Waals surface area contributed by atoms with Crippen molar-refractivity contribution in [2.45, 2.75) is 27.2 Å². The van der Waals surface area contributed by atoms with Crippen LogP contribution < -0.4 is 10.1 Å². The number of carbonyl (C=O) groups excluding carboxylic acids is 1. The molecule has 3 aromatic rings. The number of benzene rings is 3. The van der Waals surface area contributed by atoms with Gasteiger partial charge in [0.2, 0.25) is 0 Å². The van der Waals surface area contributed by atoms with Crippen LogP contribution in [0.25, 0.3) is 6.08 Å². The van der Waals surface area contributed by atoms with E-state index >= 15 is 0 Å². The van der Waals surface area contributed by atoms with Crippen LogP contribution in [0.2, 0.25) is 5.02 Å². The van der Waals surface area contributed by atoms with Crippen LogP contribution in [0.1, 0.15) is 33.4 Å². The van der Waals surface area contributed by atoms with Gasteiger partial charge in [-0.25, -0.2) is 0 Å². The Hall–Kier alpha value is -3.55. The zero-order chi connectivity index (χ0) is 23.3. The molecule has 0 aliphatic rings. The van der Waals surface area contributed by atoms with Gasteiger partial charge in [0.1, 0.15) is 17.4 Å².